The molecule has 1 aliphatic rings. The summed E-state index contributed by atoms with van der Waals surface area (Å²) >= 11 is 0. The van der Waals surface area contributed by atoms with Gasteiger partial charge in [0.25, 0.3) is 11.6 Å². The third-order valence-electron chi connectivity index (χ3n) is 4.07. The van der Waals surface area contributed by atoms with E-state index < -0.39 is 41.2 Å². The van der Waals surface area contributed by atoms with Crippen LogP contribution in [-0.4, -0.2) is 49.0 Å². The van der Waals surface area contributed by atoms with Crippen molar-refractivity contribution < 1.29 is 28.8 Å². The highest BCUT2D eigenvalue weighted by Crippen LogP contribution is 2.35. The zero-order chi connectivity index (χ0) is 20.1. The summed E-state index contributed by atoms with van der Waals surface area (Å²) in [6.45, 7) is 4.52. The molecule has 0 unspecified atom stereocenters. The van der Waals surface area contributed by atoms with E-state index in [1.165, 1.54) is 25.3 Å². The predicted molar refractivity (Wildman–Crippen MR) is 94.3 cm³/mol. The van der Waals surface area contributed by atoms with Crippen LogP contribution in [0, 0.1) is 16.0 Å². The number of carbonyl (C=O) groups is 3. The number of ether oxygens (including phenoxy) is 2. The number of fused-ring (bicyclic) bond motifs is 1. The number of benzene rings is 1. The van der Waals surface area contributed by atoms with Gasteiger partial charge in [-0.1, -0.05) is 13.0 Å². The topological polar surface area (TPSA) is 128 Å². The summed E-state index contributed by atoms with van der Waals surface area (Å²) in [4.78, 5) is 47.9. The molecule has 1 aliphatic heterocycles. The Morgan fingerprint density at radius 2 is 2.22 bits per heavy atom. The molecule has 10 heteroatoms. The SMILES string of the molecule is C=C[C@@H](C)[C@H](NC(=O)CN1C(=O)COc2ccc([N+](=O)[O-])cc21)C(=O)OC. The number of esters is 1. The zero-order valence-electron chi connectivity index (χ0n) is 14.8. The van der Waals surface area contributed by atoms with Crippen LogP contribution in [-0.2, 0) is 19.1 Å². The number of anilines is 1. The minimum absolute atomic E-state index is 0.113. The lowest BCUT2D eigenvalue weighted by Gasteiger charge is -2.29. The molecule has 1 heterocycles. The highest BCUT2D eigenvalue weighted by atomic mass is 16.6. The Labute approximate surface area is 154 Å². The van der Waals surface area contributed by atoms with E-state index in [4.69, 9.17) is 4.74 Å². The first-order valence-corrected chi connectivity index (χ1v) is 7.99. The third kappa shape index (κ3) is 4.40. The van der Waals surface area contributed by atoms with E-state index in [1.54, 1.807) is 6.92 Å². The molecule has 0 fully saturated rings. The van der Waals surface area contributed by atoms with Gasteiger partial charge in [0.15, 0.2) is 6.61 Å². The molecule has 2 rings (SSSR count). The van der Waals surface area contributed by atoms with Gasteiger partial charge >= 0.3 is 5.97 Å². The summed E-state index contributed by atoms with van der Waals surface area (Å²) in [5, 5.41) is 13.5. The highest BCUT2D eigenvalue weighted by molar-refractivity contribution is 6.02. The number of hydrogen-bond donors (Lipinski definition) is 1. The van der Waals surface area contributed by atoms with Crippen molar-refractivity contribution >= 4 is 29.2 Å². The van der Waals surface area contributed by atoms with E-state index in [2.05, 4.69) is 16.6 Å². The van der Waals surface area contributed by atoms with Crippen molar-refractivity contribution in [1.82, 2.24) is 5.32 Å². The highest BCUT2D eigenvalue weighted by Gasteiger charge is 2.31. The number of carbonyl (C=O) groups excluding carboxylic acids is 3. The fourth-order valence-electron chi connectivity index (χ4n) is 2.51. The standard InChI is InChI=1S/C17H19N3O7/c1-4-10(2)16(17(23)26-3)18-14(21)8-19-12-7-11(20(24)25)5-6-13(12)27-9-15(19)22/h4-7,10,16H,1,8-9H2,2-3H3,(H,18,21)/t10-,16+/m1/s1. The first kappa shape index (κ1) is 19.9. The van der Waals surface area contributed by atoms with Gasteiger partial charge in [0.2, 0.25) is 5.91 Å². The van der Waals surface area contributed by atoms with Crippen molar-refractivity contribution in [3.63, 3.8) is 0 Å². The maximum absolute atomic E-state index is 12.4. The lowest BCUT2D eigenvalue weighted by Crippen LogP contribution is -2.51. The van der Waals surface area contributed by atoms with Gasteiger partial charge in [-0.2, -0.15) is 0 Å². The van der Waals surface area contributed by atoms with E-state index in [9.17, 15) is 24.5 Å². The van der Waals surface area contributed by atoms with Gasteiger partial charge in [0.05, 0.1) is 17.7 Å². The normalized spacial score (nSPS) is 15.0. The summed E-state index contributed by atoms with van der Waals surface area (Å²) in [7, 11) is 1.19. The molecular formula is C17H19N3O7. The average molecular weight is 377 g/mol. The first-order valence-electron chi connectivity index (χ1n) is 7.99. The van der Waals surface area contributed by atoms with E-state index in [-0.39, 0.29) is 23.7 Å². The largest absolute Gasteiger partial charge is 0.482 e. The average Bonchev–Trinajstić information content (AvgIpc) is 2.66. The van der Waals surface area contributed by atoms with Crippen LogP contribution in [0.1, 0.15) is 6.92 Å². The fraction of sp³-hybridized carbons (Fsp3) is 0.353. The van der Waals surface area contributed by atoms with Crippen LogP contribution in [0.25, 0.3) is 0 Å². The number of nitro benzene ring substituents is 1. The second-order valence-corrected chi connectivity index (χ2v) is 5.84. The van der Waals surface area contributed by atoms with Crippen LogP contribution in [0.5, 0.6) is 5.75 Å². The number of amides is 2. The van der Waals surface area contributed by atoms with Gasteiger partial charge in [-0.3, -0.25) is 24.6 Å². The van der Waals surface area contributed by atoms with Crippen molar-refractivity contribution in [2.45, 2.75) is 13.0 Å². The molecule has 0 bridgehead atoms. The van der Waals surface area contributed by atoms with E-state index in [1.807, 2.05) is 0 Å². The molecule has 2 atom stereocenters. The molecule has 0 radical (unpaired) electrons. The summed E-state index contributed by atoms with van der Waals surface area (Å²) in [5.41, 5.74) is -0.132. The van der Waals surface area contributed by atoms with Gasteiger partial charge in [-0.05, 0) is 6.07 Å². The predicted octanol–water partition coefficient (Wildman–Crippen LogP) is 0.800. The Morgan fingerprint density at radius 3 is 2.81 bits per heavy atom. The molecule has 1 aromatic rings. The molecule has 1 aromatic carbocycles. The van der Waals surface area contributed by atoms with E-state index in [0.717, 1.165) is 11.0 Å². The maximum Gasteiger partial charge on any atom is 0.328 e. The van der Waals surface area contributed by atoms with Crippen LogP contribution < -0.4 is 15.0 Å². The van der Waals surface area contributed by atoms with Crippen LogP contribution in [0.2, 0.25) is 0 Å². The molecule has 10 nitrogen and oxygen atoms in total. The van der Waals surface area contributed by atoms with Crippen LogP contribution >= 0.6 is 0 Å². The first-order chi connectivity index (χ1) is 12.8. The zero-order valence-corrected chi connectivity index (χ0v) is 14.8. The molecule has 0 spiro atoms. The third-order valence-corrected chi connectivity index (χ3v) is 4.07. The Balaban J connectivity index is 2.23. The van der Waals surface area contributed by atoms with Gasteiger partial charge in [0.1, 0.15) is 18.3 Å². The molecule has 27 heavy (non-hydrogen) atoms. The van der Waals surface area contributed by atoms with Crippen molar-refractivity contribution in [2.75, 3.05) is 25.2 Å². The Morgan fingerprint density at radius 1 is 1.52 bits per heavy atom. The summed E-state index contributed by atoms with van der Waals surface area (Å²) in [5.74, 6) is -1.98. The minimum atomic E-state index is -0.972. The number of nitrogens with zero attached hydrogens (tertiary/aromatic N) is 2. The minimum Gasteiger partial charge on any atom is -0.482 e. The lowest BCUT2D eigenvalue weighted by molar-refractivity contribution is -0.384. The molecule has 2 amide bonds. The Kier molecular flexibility index (Phi) is 6.11. The number of nitro groups is 1. The number of non-ortho nitro benzene ring substituents is 1. The number of methoxy groups -OCH3 is 1. The van der Waals surface area contributed by atoms with Crippen LogP contribution in [0.15, 0.2) is 30.9 Å². The van der Waals surface area contributed by atoms with Gasteiger partial charge in [0, 0.05) is 18.1 Å². The molecule has 0 aliphatic carbocycles. The molecule has 0 saturated carbocycles. The summed E-state index contributed by atoms with van der Waals surface area (Å²) in [6, 6.07) is 2.79. The van der Waals surface area contributed by atoms with Gasteiger partial charge < -0.3 is 14.8 Å². The summed E-state index contributed by atoms with van der Waals surface area (Å²) < 4.78 is 9.91. The van der Waals surface area contributed by atoms with E-state index in [0.29, 0.717) is 0 Å². The van der Waals surface area contributed by atoms with Crippen molar-refractivity contribution in [2.24, 2.45) is 5.92 Å². The summed E-state index contributed by atoms with van der Waals surface area (Å²) in [6.07, 6.45) is 1.49. The fourth-order valence-corrected chi connectivity index (χ4v) is 2.51. The number of nitrogens with one attached hydrogen (secondary N) is 1. The van der Waals surface area contributed by atoms with Crippen molar-refractivity contribution in [3.8, 4) is 5.75 Å². The number of hydrogen-bond acceptors (Lipinski definition) is 7. The number of rotatable bonds is 7. The maximum atomic E-state index is 12.4. The lowest BCUT2D eigenvalue weighted by atomic mass is 10.0. The van der Waals surface area contributed by atoms with Gasteiger partial charge in [-0.25, -0.2) is 4.79 Å². The van der Waals surface area contributed by atoms with Crippen molar-refractivity contribution in [1.29, 1.82) is 0 Å². The van der Waals surface area contributed by atoms with Gasteiger partial charge in [-0.15, -0.1) is 6.58 Å². The second kappa shape index (κ2) is 8.30. The smallest absolute Gasteiger partial charge is 0.328 e. The van der Waals surface area contributed by atoms with E-state index >= 15 is 0 Å². The van der Waals surface area contributed by atoms with Crippen molar-refractivity contribution in [3.05, 3.63) is 41.0 Å². The molecule has 0 aromatic heterocycles. The molecule has 1 N–H and O–H groups in total. The molecule has 0 saturated heterocycles. The molecule has 144 valence electrons. The second-order valence-electron chi connectivity index (χ2n) is 5.84. The monoisotopic (exact) mass is 377 g/mol. The molecular weight excluding hydrogens is 358 g/mol. The Hall–Kier alpha value is -3.43. The quantitative estimate of drug-likeness (QED) is 0.322. The van der Waals surface area contributed by atoms with Crippen LogP contribution in [0.3, 0.4) is 0 Å². The Bertz CT molecular complexity index is 793. The van der Waals surface area contributed by atoms with Crippen LogP contribution in [0.4, 0.5) is 11.4 Å².